The topological polar surface area (TPSA) is 8.17 Å². The summed E-state index contributed by atoms with van der Waals surface area (Å²) in [5, 5.41) is 1.96. The number of benzene rings is 2. The molecule has 128 valence electrons. The van der Waals surface area contributed by atoms with Gasteiger partial charge in [-0.25, -0.2) is 4.39 Å². The number of nitrogens with zero attached hydrogens (tertiary/aromatic N) is 2. The van der Waals surface area contributed by atoms with Gasteiger partial charge in [0.05, 0.1) is 5.52 Å². The van der Waals surface area contributed by atoms with Crippen LogP contribution in [-0.4, -0.2) is 23.1 Å². The van der Waals surface area contributed by atoms with E-state index in [0.29, 0.717) is 0 Å². The molecule has 4 heteroatoms. The second kappa shape index (κ2) is 6.32. The molecular formula is C21H20ClFN2. The molecule has 0 amide bonds. The average Bonchev–Trinajstić information content (AvgIpc) is 2.87. The fraction of sp³-hybridized carbons (Fsp3) is 0.238. The molecule has 0 saturated heterocycles. The highest BCUT2D eigenvalue weighted by molar-refractivity contribution is 6.31. The van der Waals surface area contributed by atoms with E-state index in [1.807, 2.05) is 19.1 Å². The van der Waals surface area contributed by atoms with Crippen molar-refractivity contribution in [2.45, 2.75) is 19.9 Å². The van der Waals surface area contributed by atoms with Crippen molar-refractivity contribution >= 4 is 34.3 Å². The fourth-order valence-corrected chi connectivity index (χ4v) is 3.82. The van der Waals surface area contributed by atoms with Gasteiger partial charge in [-0.15, -0.1) is 0 Å². The molecule has 1 aromatic heterocycles. The maximum absolute atomic E-state index is 13.6. The molecule has 4 rings (SSSR count). The molecule has 0 radical (unpaired) electrons. The summed E-state index contributed by atoms with van der Waals surface area (Å²) in [6.45, 7) is 3.98. The zero-order valence-electron chi connectivity index (χ0n) is 14.4. The van der Waals surface area contributed by atoms with E-state index < -0.39 is 0 Å². The van der Waals surface area contributed by atoms with Gasteiger partial charge in [-0.1, -0.05) is 23.7 Å². The maximum Gasteiger partial charge on any atom is 0.123 e. The van der Waals surface area contributed by atoms with Gasteiger partial charge in [-0.2, -0.15) is 0 Å². The molecule has 0 N–H and O–H groups in total. The van der Waals surface area contributed by atoms with Crippen molar-refractivity contribution in [3.63, 3.8) is 0 Å². The van der Waals surface area contributed by atoms with Gasteiger partial charge in [0.15, 0.2) is 0 Å². The fourth-order valence-electron chi connectivity index (χ4n) is 3.65. The number of fused-ring (bicyclic) bond motifs is 3. The molecule has 0 atom stereocenters. The smallest absolute Gasteiger partial charge is 0.123 e. The Balaban J connectivity index is 1.91. The number of rotatable bonds is 2. The molecule has 0 aliphatic carbocycles. The van der Waals surface area contributed by atoms with E-state index >= 15 is 0 Å². The number of hydrogen-bond donors (Lipinski definition) is 0. The van der Waals surface area contributed by atoms with Crippen molar-refractivity contribution < 1.29 is 4.39 Å². The third kappa shape index (κ3) is 2.99. The third-order valence-electron chi connectivity index (χ3n) is 4.94. The Labute approximate surface area is 152 Å². The maximum atomic E-state index is 13.6. The van der Waals surface area contributed by atoms with Crippen LogP contribution in [0.4, 0.5) is 4.39 Å². The summed E-state index contributed by atoms with van der Waals surface area (Å²) in [5.41, 5.74) is 5.76. The predicted octanol–water partition coefficient (Wildman–Crippen LogP) is 5.44. The quantitative estimate of drug-likeness (QED) is 0.595. The Morgan fingerprint density at radius 2 is 2.04 bits per heavy atom. The first-order valence-electron chi connectivity index (χ1n) is 8.47. The Kier molecular flexibility index (Phi) is 4.14. The van der Waals surface area contributed by atoms with Gasteiger partial charge < -0.3 is 9.47 Å². The highest BCUT2D eigenvalue weighted by Crippen LogP contribution is 2.33. The second-order valence-electron chi connectivity index (χ2n) is 6.77. The van der Waals surface area contributed by atoms with Crippen LogP contribution in [-0.2, 0) is 13.0 Å². The van der Waals surface area contributed by atoms with Crippen LogP contribution >= 0.6 is 11.6 Å². The first-order chi connectivity index (χ1) is 12.0. The van der Waals surface area contributed by atoms with Crippen LogP contribution in [0.5, 0.6) is 0 Å². The lowest BCUT2D eigenvalue weighted by Crippen LogP contribution is -2.26. The van der Waals surface area contributed by atoms with Crippen LogP contribution in [0.2, 0.25) is 5.02 Å². The van der Waals surface area contributed by atoms with Gasteiger partial charge in [0.2, 0.25) is 0 Å². The zero-order chi connectivity index (χ0) is 17.6. The lowest BCUT2D eigenvalue weighted by molar-refractivity contribution is 0.312. The average molecular weight is 355 g/mol. The summed E-state index contributed by atoms with van der Waals surface area (Å²) in [6.07, 6.45) is 3.11. The first kappa shape index (κ1) is 16.4. The summed E-state index contributed by atoms with van der Waals surface area (Å²) in [6, 6.07) is 12.8. The zero-order valence-corrected chi connectivity index (χ0v) is 15.1. The first-order valence-corrected chi connectivity index (χ1v) is 8.85. The SMILES string of the molecule is CC(=Cn1c2c(c3cc(Cl)ccc31)CN(C)CC2)c1cccc(F)c1. The minimum absolute atomic E-state index is 0.210. The summed E-state index contributed by atoms with van der Waals surface area (Å²) < 4.78 is 15.8. The summed E-state index contributed by atoms with van der Waals surface area (Å²) in [5.74, 6) is -0.210. The highest BCUT2D eigenvalue weighted by Gasteiger charge is 2.22. The van der Waals surface area contributed by atoms with Crippen LogP contribution < -0.4 is 0 Å². The van der Waals surface area contributed by atoms with Crippen LogP contribution in [0, 0.1) is 5.82 Å². The largest absolute Gasteiger partial charge is 0.320 e. The molecule has 25 heavy (non-hydrogen) atoms. The van der Waals surface area contributed by atoms with Crippen molar-refractivity contribution in [1.29, 1.82) is 0 Å². The van der Waals surface area contributed by atoms with Crippen molar-refractivity contribution in [2.75, 3.05) is 13.6 Å². The monoisotopic (exact) mass is 354 g/mol. The number of likely N-dealkylation sites (N-methyl/N-ethyl adjacent to an activating group) is 1. The molecule has 1 aliphatic rings. The van der Waals surface area contributed by atoms with Gasteiger partial charge in [0, 0.05) is 41.8 Å². The molecule has 0 spiro atoms. The molecule has 0 saturated carbocycles. The number of aromatic nitrogens is 1. The normalized spacial score (nSPS) is 15.6. The molecular weight excluding hydrogens is 335 g/mol. The summed E-state index contributed by atoms with van der Waals surface area (Å²) in [4.78, 5) is 2.33. The van der Waals surface area contributed by atoms with E-state index in [0.717, 1.165) is 41.2 Å². The van der Waals surface area contributed by atoms with Crippen LogP contribution in [0.15, 0.2) is 42.5 Å². The lowest BCUT2D eigenvalue weighted by Gasteiger charge is -2.23. The van der Waals surface area contributed by atoms with Crippen LogP contribution in [0.1, 0.15) is 23.7 Å². The van der Waals surface area contributed by atoms with E-state index in [1.54, 1.807) is 12.1 Å². The molecule has 3 aromatic rings. The second-order valence-corrected chi connectivity index (χ2v) is 7.20. The van der Waals surface area contributed by atoms with Gasteiger partial charge in [0.1, 0.15) is 5.82 Å². The van der Waals surface area contributed by atoms with Crippen LogP contribution in [0.3, 0.4) is 0 Å². The van der Waals surface area contributed by atoms with E-state index in [2.05, 4.69) is 34.8 Å². The van der Waals surface area contributed by atoms with Gasteiger partial charge in [0.25, 0.3) is 0 Å². The number of allylic oxidation sites excluding steroid dienone is 1. The van der Waals surface area contributed by atoms with Gasteiger partial charge in [-0.3, -0.25) is 0 Å². The van der Waals surface area contributed by atoms with E-state index in [-0.39, 0.29) is 5.82 Å². The standard InChI is InChI=1S/C21H20ClFN2/c1-14(15-4-3-5-17(23)10-15)12-25-20-7-6-16(22)11-18(20)19-13-24(2)9-8-21(19)25/h3-7,10-12H,8-9,13H2,1-2H3. The highest BCUT2D eigenvalue weighted by atomic mass is 35.5. The Bertz CT molecular complexity index is 987. The molecule has 1 aliphatic heterocycles. The van der Waals surface area contributed by atoms with Crippen molar-refractivity contribution in [2.24, 2.45) is 0 Å². The number of hydrogen-bond acceptors (Lipinski definition) is 1. The summed E-state index contributed by atoms with van der Waals surface area (Å²) >= 11 is 6.25. The molecule has 2 aromatic carbocycles. The van der Waals surface area contributed by atoms with Crippen molar-refractivity contribution in [3.8, 4) is 0 Å². The number of halogens is 2. The summed E-state index contributed by atoms with van der Waals surface area (Å²) in [7, 11) is 2.14. The van der Waals surface area contributed by atoms with Crippen LogP contribution in [0.25, 0.3) is 22.7 Å². The molecule has 0 bridgehead atoms. The molecule has 2 heterocycles. The minimum atomic E-state index is -0.210. The van der Waals surface area contributed by atoms with Gasteiger partial charge in [-0.05, 0) is 61.0 Å². The Hall–Kier alpha value is -2.10. The Morgan fingerprint density at radius 1 is 1.20 bits per heavy atom. The van der Waals surface area contributed by atoms with E-state index in [1.165, 1.54) is 22.7 Å². The van der Waals surface area contributed by atoms with E-state index in [4.69, 9.17) is 11.6 Å². The minimum Gasteiger partial charge on any atom is -0.320 e. The predicted molar refractivity (Wildman–Crippen MR) is 103 cm³/mol. The van der Waals surface area contributed by atoms with Gasteiger partial charge >= 0.3 is 0 Å². The third-order valence-corrected chi connectivity index (χ3v) is 5.18. The van der Waals surface area contributed by atoms with Crippen molar-refractivity contribution in [3.05, 3.63) is 70.1 Å². The Morgan fingerprint density at radius 3 is 2.84 bits per heavy atom. The molecule has 2 nitrogen and oxygen atoms in total. The van der Waals surface area contributed by atoms with E-state index in [9.17, 15) is 4.39 Å². The molecule has 0 fully saturated rings. The molecule has 0 unspecified atom stereocenters. The van der Waals surface area contributed by atoms with Crippen molar-refractivity contribution in [1.82, 2.24) is 9.47 Å². The lowest BCUT2D eigenvalue weighted by atomic mass is 10.1.